The number of hydrogen-bond donors (Lipinski definition) is 2. The SMILES string of the molecule is CC(C)c1ccccc1NC(=S)NC(=O)CSc1ccc(Cl)cc1. The molecule has 0 heterocycles. The highest BCUT2D eigenvalue weighted by atomic mass is 35.5. The van der Waals surface area contributed by atoms with Crippen LogP contribution in [0.4, 0.5) is 5.69 Å². The third-order valence-electron chi connectivity index (χ3n) is 3.27. The summed E-state index contributed by atoms with van der Waals surface area (Å²) < 4.78 is 0. The molecule has 0 aliphatic heterocycles. The van der Waals surface area contributed by atoms with Gasteiger partial charge in [0.2, 0.25) is 5.91 Å². The number of halogens is 1. The lowest BCUT2D eigenvalue weighted by Gasteiger charge is -2.15. The van der Waals surface area contributed by atoms with Crippen LogP contribution in [-0.4, -0.2) is 16.8 Å². The van der Waals surface area contributed by atoms with E-state index in [1.54, 1.807) is 12.1 Å². The second kappa shape index (κ2) is 9.06. The molecule has 0 aromatic heterocycles. The minimum atomic E-state index is -0.144. The Hall–Kier alpha value is -1.56. The van der Waals surface area contributed by atoms with E-state index in [1.807, 2.05) is 36.4 Å². The molecule has 6 heteroatoms. The molecule has 0 unspecified atom stereocenters. The normalized spacial score (nSPS) is 10.5. The molecule has 0 saturated heterocycles. The summed E-state index contributed by atoms with van der Waals surface area (Å²) in [7, 11) is 0. The van der Waals surface area contributed by atoms with Crippen LogP contribution in [0.25, 0.3) is 0 Å². The molecule has 0 radical (unpaired) electrons. The Morgan fingerprint density at radius 3 is 2.50 bits per heavy atom. The summed E-state index contributed by atoms with van der Waals surface area (Å²) >= 11 is 12.5. The number of hydrogen-bond acceptors (Lipinski definition) is 3. The Kier molecular flexibility index (Phi) is 7.09. The van der Waals surface area contributed by atoms with E-state index in [9.17, 15) is 4.79 Å². The average molecular weight is 379 g/mol. The number of thioether (sulfide) groups is 1. The Balaban J connectivity index is 1.86. The molecule has 0 spiro atoms. The van der Waals surface area contributed by atoms with Gasteiger partial charge in [0.1, 0.15) is 0 Å². The fourth-order valence-corrected chi connectivity index (χ4v) is 3.16. The molecule has 0 fully saturated rings. The lowest BCUT2D eigenvalue weighted by atomic mass is 10.0. The Morgan fingerprint density at radius 1 is 1.17 bits per heavy atom. The first-order valence-corrected chi connectivity index (χ1v) is 9.31. The van der Waals surface area contributed by atoms with E-state index < -0.39 is 0 Å². The Labute approximate surface area is 157 Å². The van der Waals surface area contributed by atoms with Crippen molar-refractivity contribution in [1.82, 2.24) is 5.32 Å². The van der Waals surface area contributed by atoms with Gasteiger partial charge in [0.05, 0.1) is 5.75 Å². The molecule has 2 aromatic rings. The number of nitrogens with one attached hydrogen (secondary N) is 2. The molecule has 1 amide bonds. The molecule has 2 N–H and O–H groups in total. The summed E-state index contributed by atoms with van der Waals surface area (Å²) in [6.45, 7) is 4.23. The van der Waals surface area contributed by atoms with Gasteiger partial charge in [0.15, 0.2) is 5.11 Å². The van der Waals surface area contributed by atoms with Crippen LogP contribution in [0.2, 0.25) is 5.02 Å². The molecule has 126 valence electrons. The third-order valence-corrected chi connectivity index (χ3v) is 4.74. The van der Waals surface area contributed by atoms with Crippen LogP contribution in [0.1, 0.15) is 25.3 Å². The highest BCUT2D eigenvalue weighted by Crippen LogP contribution is 2.23. The minimum Gasteiger partial charge on any atom is -0.332 e. The van der Waals surface area contributed by atoms with Crippen LogP contribution in [0.15, 0.2) is 53.4 Å². The van der Waals surface area contributed by atoms with Crippen molar-refractivity contribution < 1.29 is 4.79 Å². The number of anilines is 1. The van der Waals surface area contributed by atoms with Crippen LogP contribution < -0.4 is 10.6 Å². The van der Waals surface area contributed by atoms with Gasteiger partial charge in [-0.3, -0.25) is 4.79 Å². The first-order valence-electron chi connectivity index (χ1n) is 7.54. The number of para-hydroxylation sites is 1. The number of amides is 1. The molecule has 2 aromatic carbocycles. The zero-order chi connectivity index (χ0) is 17.5. The van der Waals surface area contributed by atoms with Crippen molar-refractivity contribution in [2.24, 2.45) is 0 Å². The summed E-state index contributed by atoms with van der Waals surface area (Å²) in [4.78, 5) is 13.0. The van der Waals surface area contributed by atoms with Gasteiger partial charge < -0.3 is 10.6 Å². The second-order valence-electron chi connectivity index (χ2n) is 5.49. The van der Waals surface area contributed by atoms with Crippen molar-refractivity contribution in [3.8, 4) is 0 Å². The predicted octanol–water partition coefficient (Wildman–Crippen LogP) is 5.07. The smallest absolute Gasteiger partial charge is 0.236 e. The predicted molar refractivity (Wildman–Crippen MR) is 107 cm³/mol. The monoisotopic (exact) mass is 378 g/mol. The summed E-state index contributed by atoms with van der Waals surface area (Å²) in [6.07, 6.45) is 0. The van der Waals surface area contributed by atoms with Crippen molar-refractivity contribution in [2.45, 2.75) is 24.7 Å². The lowest BCUT2D eigenvalue weighted by Crippen LogP contribution is -2.35. The highest BCUT2D eigenvalue weighted by Gasteiger charge is 2.09. The summed E-state index contributed by atoms with van der Waals surface area (Å²) in [6, 6.07) is 15.3. The van der Waals surface area contributed by atoms with E-state index >= 15 is 0 Å². The van der Waals surface area contributed by atoms with E-state index in [-0.39, 0.29) is 11.7 Å². The maximum atomic E-state index is 12.0. The maximum absolute atomic E-state index is 12.0. The van der Waals surface area contributed by atoms with Crippen molar-refractivity contribution in [1.29, 1.82) is 0 Å². The van der Waals surface area contributed by atoms with Gasteiger partial charge in [-0.25, -0.2) is 0 Å². The summed E-state index contributed by atoms with van der Waals surface area (Å²) in [5.41, 5.74) is 2.08. The third kappa shape index (κ3) is 5.82. The fourth-order valence-electron chi connectivity index (χ4n) is 2.11. The number of benzene rings is 2. The number of thiocarbonyl (C=S) groups is 1. The van der Waals surface area contributed by atoms with Crippen molar-refractivity contribution in [2.75, 3.05) is 11.1 Å². The Morgan fingerprint density at radius 2 is 1.83 bits per heavy atom. The van der Waals surface area contributed by atoms with Gasteiger partial charge in [0.25, 0.3) is 0 Å². The summed E-state index contributed by atoms with van der Waals surface area (Å²) in [5.74, 6) is 0.511. The molecule has 0 bridgehead atoms. The molecular weight excluding hydrogens is 360 g/mol. The van der Waals surface area contributed by atoms with Gasteiger partial charge in [0, 0.05) is 15.6 Å². The first-order chi connectivity index (χ1) is 11.5. The van der Waals surface area contributed by atoms with Crippen LogP contribution >= 0.6 is 35.6 Å². The largest absolute Gasteiger partial charge is 0.332 e. The number of rotatable bonds is 5. The molecule has 2 rings (SSSR count). The standard InChI is InChI=1S/C18H19ClN2OS2/c1-12(2)15-5-3-4-6-16(15)20-18(23)21-17(22)11-24-14-9-7-13(19)8-10-14/h3-10,12H,11H2,1-2H3,(H2,20,21,22,23). The second-order valence-corrected chi connectivity index (χ2v) is 7.38. The number of carbonyl (C=O) groups is 1. The molecule has 24 heavy (non-hydrogen) atoms. The fraction of sp³-hybridized carbons (Fsp3) is 0.222. The van der Waals surface area contributed by atoms with Gasteiger partial charge in [-0.2, -0.15) is 0 Å². The minimum absolute atomic E-state index is 0.144. The lowest BCUT2D eigenvalue weighted by molar-refractivity contribution is -0.117. The first kappa shape index (κ1) is 18.8. The summed E-state index contributed by atoms with van der Waals surface area (Å²) in [5, 5.41) is 6.80. The van der Waals surface area contributed by atoms with Crippen molar-refractivity contribution in [3.63, 3.8) is 0 Å². The molecule has 3 nitrogen and oxygen atoms in total. The maximum Gasteiger partial charge on any atom is 0.236 e. The van der Waals surface area contributed by atoms with Gasteiger partial charge >= 0.3 is 0 Å². The van der Waals surface area contributed by atoms with Gasteiger partial charge in [-0.15, -0.1) is 11.8 Å². The van der Waals surface area contributed by atoms with E-state index in [0.29, 0.717) is 16.1 Å². The molecular formula is C18H19ClN2OS2. The van der Waals surface area contributed by atoms with E-state index in [4.69, 9.17) is 23.8 Å². The molecule has 0 saturated carbocycles. The van der Waals surface area contributed by atoms with E-state index in [1.165, 1.54) is 11.8 Å². The molecule has 0 aliphatic rings. The van der Waals surface area contributed by atoms with Crippen molar-refractivity contribution in [3.05, 3.63) is 59.1 Å². The van der Waals surface area contributed by atoms with E-state index in [0.717, 1.165) is 16.1 Å². The Bertz CT molecular complexity index is 717. The van der Waals surface area contributed by atoms with Crippen LogP contribution in [-0.2, 0) is 4.79 Å². The van der Waals surface area contributed by atoms with E-state index in [2.05, 4.69) is 24.5 Å². The zero-order valence-corrected chi connectivity index (χ0v) is 15.9. The van der Waals surface area contributed by atoms with Crippen LogP contribution in [0.5, 0.6) is 0 Å². The molecule has 0 atom stereocenters. The average Bonchev–Trinajstić information content (AvgIpc) is 2.54. The quantitative estimate of drug-likeness (QED) is 0.563. The van der Waals surface area contributed by atoms with Crippen molar-refractivity contribution >= 4 is 52.3 Å². The van der Waals surface area contributed by atoms with Gasteiger partial charge in [-0.1, -0.05) is 43.6 Å². The molecule has 0 aliphatic carbocycles. The number of carbonyl (C=O) groups excluding carboxylic acids is 1. The van der Waals surface area contributed by atoms with Crippen LogP contribution in [0, 0.1) is 0 Å². The highest BCUT2D eigenvalue weighted by molar-refractivity contribution is 8.00. The van der Waals surface area contributed by atoms with Crippen LogP contribution in [0.3, 0.4) is 0 Å². The zero-order valence-electron chi connectivity index (χ0n) is 13.5. The topological polar surface area (TPSA) is 41.1 Å². The van der Waals surface area contributed by atoms with Gasteiger partial charge in [-0.05, 0) is 54.0 Å².